The molecule has 2 aliphatic heterocycles. The smallest absolute Gasteiger partial charge is 0.408 e. The lowest BCUT2D eigenvalue weighted by atomic mass is 10.1. The molecule has 1 aromatic heterocycles. The largest absolute Gasteiger partial charge is 0.480 e. The lowest BCUT2D eigenvalue weighted by Gasteiger charge is -2.31. The number of aliphatic hydroxyl groups excluding tert-OH is 1. The van der Waals surface area contributed by atoms with E-state index in [-0.39, 0.29) is 62.0 Å². The van der Waals surface area contributed by atoms with Gasteiger partial charge in [0.25, 0.3) is 0 Å². The number of amides is 6. The summed E-state index contributed by atoms with van der Waals surface area (Å²) in [4.78, 5) is 129. The number of alkyl halides is 1. The normalized spacial score (nSPS) is 14.3. The fourth-order valence-corrected chi connectivity index (χ4v) is 9.80. The zero-order chi connectivity index (χ0) is 88.9. The van der Waals surface area contributed by atoms with Gasteiger partial charge in [-0.15, -0.1) is 5.10 Å². The number of carbonyl (C=O) groups excluding carboxylic acids is 10. The van der Waals surface area contributed by atoms with Gasteiger partial charge in [-0.1, -0.05) is 150 Å². The highest BCUT2D eigenvalue weighted by molar-refractivity contribution is 6.61. The standard InChI is InChI=1S/C18H26N2O5.C18H28N2O4.C12H16N2O.C10H13NO2.C8H15NO4.C6H5N3O.C5H10N2O.C3H4Cl2O2.CH4O/c1-13(19-17(23)25-18(2,3)4)16(22)20(12-15(21)24-5)11-14-9-7-6-8-10-14;1-14(19-17(22)24-18(2,3)4)11-20(13-16(21)23-5)12-15-9-7-6-8-10-15;1-10-7-14(9-12(15)13-10)8-11-5-3-2-4-6-11;1-13-10(12)8-11-7-9-5-3-2-4-6-9;1-5(6(10)11)9-7(12)13-8(2,3)4;10-9-6-4-2-1-3-5(6)7-8-9;1-4-2-6-3-5(8)7-4;1-2(4)7-3(5)6;1-2/h6-10,13H,11-12H2,1-5H3,(H,19,23);6-10,14H,11-13H2,1-5H3,(H,19,22);2-6,10H,7-9H2,1H3,(H,13,15);2-6,11H,7-8H2,1H3;5H,1-4H3,(H,9,12)(H,10,11);1-4,10H;4,6H,2-3H2,1H3,(H,7,8);2H,1H3;2H,1H3/t13-;14-;10-;;5-;;4-;;/m000.0.0../s1. The van der Waals surface area contributed by atoms with E-state index in [4.69, 9.17) is 57.6 Å². The van der Waals surface area contributed by atoms with Crippen LogP contribution in [0.4, 0.5) is 19.2 Å². The van der Waals surface area contributed by atoms with Crippen molar-refractivity contribution in [3.05, 3.63) is 168 Å². The van der Waals surface area contributed by atoms with E-state index < -0.39 is 76.0 Å². The van der Waals surface area contributed by atoms with Crippen molar-refractivity contribution >= 4 is 99.5 Å². The van der Waals surface area contributed by atoms with Gasteiger partial charge in [-0.3, -0.25) is 43.4 Å². The molecule has 6 aromatic rings. The number of carbonyl (C=O) groups is 11. The first-order valence-corrected chi connectivity index (χ1v) is 38.0. The zero-order valence-corrected chi connectivity index (χ0v) is 71.9. The number of para-hydroxylation sites is 1. The number of esters is 3. The first kappa shape index (κ1) is 106. The van der Waals surface area contributed by atoms with Crippen LogP contribution in [0.2, 0.25) is 0 Å². The number of halogens is 2. The number of carboxylic acid groups (broad SMARTS) is 1. The third-order valence-corrected chi connectivity index (χ3v) is 14.5. The highest BCUT2D eigenvalue weighted by Crippen LogP contribution is 2.14. The van der Waals surface area contributed by atoms with Gasteiger partial charge in [-0.05, 0) is 143 Å². The molecule has 0 radical (unpaired) electrons. The molecule has 36 heteroatoms. The van der Waals surface area contributed by atoms with Crippen LogP contribution in [-0.2, 0) is 92.9 Å². The number of ether oxygens (including phenoxy) is 7. The van der Waals surface area contributed by atoms with Crippen LogP contribution in [0.25, 0.3) is 11.0 Å². The van der Waals surface area contributed by atoms with Crippen LogP contribution in [0.15, 0.2) is 146 Å². The molecule has 10 N–H and O–H groups in total. The van der Waals surface area contributed by atoms with E-state index >= 15 is 0 Å². The summed E-state index contributed by atoms with van der Waals surface area (Å²) in [5.41, 5.74) is 2.38. The number of aromatic nitrogens is 3. The Labute approximate surface area is 695 Å². The molecule has 0 aliphatic carbocycles. The summed E-state index contributed by atoms with van der Waals surface area (Å²) in [7, 11) is 5.01. The number of benzene rings is 5. The number of nitrogens with zero attached hydrogens (tertiary/aromatic N) is 6. The second kappa shape index (κ2) is 58.2. The quantitative estimate of drug-likeness (QED) is 0.00996. The van der Waals surface area contributed by atoms with Gasteiger partial charge in [0, 0.05) is 82.6 Å². The number of nitrogens with one attached hydrogen (secondary N) is 7. The summed E-state index contributed by atoms with van der Waals surface area (Å²) in [6.07, 6.45) is -1.87. The van der Waals surface area contributed by atoms with E-state index in [2.05, 4.69) is 78.8 Å². The van der Waals surface area contributed by atoms with Gasteiger partial charge in [-0.2, -0.15) is 0 Å². The Morgan fingerprint density at radius 1 is 0.581 bits per heavy atom. The summed E-state index contributed by atoms with van der Waals surface area (Å²) in [6.45, 7) is 32.0. The maximum absolute atomic E-state index is 12.6. The Hall–Kier alpha value is -10.8. The molecule has 8 rings (SSSR count). The van der Waals surface area contributed by atoms with E-state index in [1.165, 1.54) is 45.6 Å². The minimum Gasteiger partial charge on any atom is -0.480 e. The summed E-state index contributed by atoms with van der Waals surface area (Å²) >= 11 is 9.87. The van der Waals surface area contributed by atoms with Crippen LogP contribution in [0.3, 0.4) is 0 Å². The maximum atomic E-state index is 12.6. The fourth-order valence-electron chi connectivity index (χ4n) is 9.54. The number of fused-ring (bicyclic) bond motifs is 1. The minimum atomic E-state index is -1.09. The SMILES string of the molecule is CC(Cl)OC(=O)Cl.CO.COC(=O)CN(Cc1ccccc1)C(=O)[C@H](C)NC(=O)OC(C)(C)C.COC(=O)CN(Cc1ccccc1)C[C@H](C)NC(=O)OC(C)(C)C.COC(=O)CNCc1ccccc1.C[C@H](NC(=O)OC(C)(C)C)C(=O)O.C[C@H]1CN(Cc2ccccc2)CC(=O)N1.C[C@H]1CNCC(=O)N1.On1nnc2ccccc21. The van der Waals surface area contributed by atoms with E-state index in [9.17, 15) is 52.7 Å². The number of hydrogen-bond acceptors (Lipinski definition) is 26. The number of rotatable bonds is 22. The minimum absolute atomic E-state index is 0.101. The first-order valence-electron chi connectivity index (χ1n) is 37.2. The second-order valence-corrected chi connectivity index (χ2v) is 29.8. The van der Waals surface area contributed by atoms with Crippen molar-refractivity contribution in [3.63, 3.8) is 0 Å². The van der Waals surface area contributed by atoms with Crippen molar-refractivity contribution in [1.29, 1.82) is 0 Å². The van der Waals surface area contributed by atoms with Crippen molar-refractivity contribution in [2.24, 2.45) is 0 Å². The predicted molar refractivity (Wildman–Crippen MR) is 442 cm³/mol. The molecule has 6 atom stereocenters. The first-order chi connectivity index (χ1) is 54.9. The second-order valence-electron chi connectivity index (χ2n) is 28.9. The number of piperazine rings is 2. The molecule has 0 bridgehead atoms. The Bertz CT molecular complexity index is 3870. The number of methoxy groups -OCH3 is 3. The molecular weight excluding hydrogens is 1560 g/mol. The molecule has 650 valence electrons. The van der Waals surface area contributed by atoms with Crippen molar-refractivity contribution in [2.45, 2.75) is 183 Å². The van der Waals surface area contributed by atoms with Gasteiger partial charge in [0.15, 0.2) is 5.56 Å². The molecule has 117 heavy (non-hydrogen) atoms. The summed E-state index contributed by atoms with van der Waals surface area (Å²) in [6, 6.07) is 45.1. The average Bonchev–Trinajstić information content (AvgIpc) is 1.71. The molecule has 34 nitrogen and oxygen atoms in total. The van der Waals surface area contributed by atoms with Crippen LogP contribution < -0.4 is 37.2 Å². The lowest BCUT2D eigenvalue weighted by molar-refractivity contribution is -0.148. The topological polar surface area (TPSA) is 438 Å². The van der Waals surface area contributed by atoms with E-state index in [0.717, 1.165) is 48.3 Å². The van der Waals surface area contributed by atoms with E-state index in [0.29, 0.717) is 49.8 Å². The molecule has 0 saturated carbocycles. The molecule has 2 saturated heterocycles. The molecule has 2 fully saturated rings. The molecule has 0 spiro atoms. The van der Waals surface area contributed by atoms with Crippen LogP contribution in [0.1, 0.15) is 126 Å². The number of alkyl carbamates (subject to hydrolysis) is 3. The van der Waals surface area contributed by atoms with Gasteiger partial charge in [0.05, 0.1) is 47.5 Å². The average molecular weight is 1680 g/mol. The van der Waals surface area contributed by atoms with Gasteiger partial charge >= 0.3 is 47.6 Å². The summed E-state index contributed by atoms with van der Waals surface area (Å²) in [5, 5.41) is 50.6. The third-order valence-electron chi connectivity index (χ3n) is 14.4. The van der Waals surface area contributed by atoms with Gasteiger partial charge < -0.3 is 90.7 Å². The van der Waals surface area contributed by atoms with E-state index in [1.54, 1.807) is 60.6 Å². The Morgan fingerprint density at radius 2 is 1.02 bits per heavy atom. The van der Waals surface area contributed by atoms with Crippen molar-refractivity contribution in [3.8, 4) is 0 Å². The van der Waals surface area contributed by atoms with Crippen LogP contribution in [0, 0.1) is 0 Å². The van der Waals surface area contributed by atoms with Crippen LogP contribution in [-0.4, -0.2) is 244 Å². The Kier molecular flexibility index (Phi) is 52.8. The highest BCUT2D eigenvalue weighted by atomic mass is 35.5. The number of aliphatic carboxylic acids is 1. The molecule has 3 heterocycles. The van der Waals surface area contributed by atoms with Crippen LogP contribution in [0.5, 0.6) is 0 Å². The van der Waals surface area contributed by atoms with Crippen LogP contribution >= 0.6 is 23.2 Å². The maximum Gasteiger partial charge on any atom is 0.408 e. The van der Waals surface area contributed by atoms with Crippen molar-refractivity contribution in [2.75, 3.05) is 80.8 Å². The number of aliphatic hydroxyl groups is 1. The molecule has 6 amide bonds. The van der Waals surface area contributed by atoms with Crippen molar-refractivity contribution in [1.82, 2.24) is 67.1 Å². The molecule has 1 unspecified atom stereocenters. The zero-order valence-electron chi connectivity index (χ0n) is 70.4. The molecule has 2 aliphatic rings. The highest BCUT2D eigenvalue weighted by Gasteiger charge is 2.28. The number of carboxylic acids is 1. The van der Waals surface area contributed by atoms with Gasteiger partial charge in [-0.25, -0.2) is 19.2 Å². The summed E-state index contributed by atoms with van der Waals surface area (Å²) in [5.74, 6) is -2.35. The monoisotopic (exact) mass is 1680 g/mol. The fraction of sp³-hybridized carbons (Fsp3) is 0.494. The molecular formula is C81H121Cl2N13O21. The van der Waals surface area contributed by atoms with E-state index in [1.807, 2.05) is 168 Å². The third kappa shape index (κ3) is 55.4. The molecule has 5 aromatic carbocycles. The van der Waals surface area contributed by atoms with Gasteiger partial charge in [0.1, 0.15) is 46.5 Å². The Balaban J connectivity index is 0.00000135. The lowest BCUT2D eigenvalue weighted by Crippen LogP contribution is -2.52. The predicted octanol–water partition coefficient (Wildman–Crippen LogP) is 8.93. The number of hydrogen-bond donors (Lipinski definition) is 10. The van der Waals surface area contributed by atoms with Gasteiger partial charge in [0.2, 0.25) is 17.7 Å². The Morgan fingerprint density at radius 3 is 1.44 bits per heavy atom. The summed E-state index contributed by atoms with van der Waals surface area (Å²) < 4.78 is 33.3. The van der Waals surface area contributed by atoms with Crippen molar-refractivity contribution < 1.29 is 101 Å².